The van der Waals surface area contributed by atoms with E-state index in [2.05, 4.69) is 70.0 Å². The molecule has 4 aromatic rings. The zero-order valence-electron chi connectivity index (χ0n) is 20.8. The van der Waals surface area contributed by atoms with Gasteiger partial charge < -0.3 is 14.8 Å². The molecule has 0 bridgehead atoms. The zero-order chi connectivity index (χ0) is 24.6. The SMILES string of the molecule is CCN(CC)CCCC(C)NC(=O)CSc1nnc2c3ccccc3n(Cc3ccccc3)c2n1. The quantitative estimate of drug-likeness (QED) is 0.289. The van der Waals surface area contributed by atoms with Crippen LogP contribution in [-0.2, 0) is 11.3 Å². The first-order chi connectivity index (χ1) is 17.1. The highest BCUT2D eigenvalue weighted by Crippen LogP contribution is 2.28. The fourth-order valence-corrected chi connectivity index (χ4v) is 4.95. The average Bonchev–Trinajstić information content (AvgIpc) is 3.19. The molecule has 0 fully saturated rings. The van der Waals surface area contributed by atoms with Gasteiger partial charge in [-0.1, -0.05) is 74.1 Å². The fourth-order valence-electron chi connectivity index (χ4n) is 4.36. The Labute approximate surface area is 211 Å². The summed E-state index contributed by atoms with van der Waals surface area (Å²) in [5, 5.41) is 13.5. The lowest BCUT2D eigenvalue weighted by molar-refractivity contribution is -0.119. The Bertz CT molecular complexity index is 1250. The molecule has 0 aliphatic rings. The molecule has 0 radical (unpaired) electrons. The van der Waals surface area contributed by atoms with Crippen LogP contribution >= 0.6 is 11.8 Å². The van der Waals surface area contributed by atoms with E-state index in [0.717, 1.165) is 54.5 Å². The first kappa shape index (κ1) is 25.1. The van der Waals surface area contributed by atoms with Gasteiger partial charge in [0.2, 0.25) is 11.1 Å². The van der Waals surface area contributed by atoms with Crippen molar-refractivity contribution in [2.24, 2.45) is 0 Å². The number of nitrogens with zero attached hydrogens (tertiary/aromatic N) is 5. The van der Waals surface area contributed by atoms with Gasteiger partial charge in [-0.05, 0) is 51.0 Å². The van der Waals surface area contributed by atoms with Gasteiger partial charge in [0, 0.05) is 18.0 Å². The van der Waals surface area contributed by atoms with Gasteiger partial charge in [-0.2, -0.15) is 0 Å². The summed E-state index contributed by atoms with van der Waals surface area (Å²) in [6.45, 7) is 10.3. The van der Waals surface area contributed by atoms with Crippen LogP contribution in [0.1, 0.15) is 39.2 Å². The van der Waals surface area contributed by atoms with Crippen molar-refractivity contribution < 1.29 is 4.79 Å². The molecule has 1 unspecified atom stereocenters. The number of benzene rings is 2. The van der Waals surface area contributed by atoms with Crippen molar-refractivity contribution in [2.75, 3.05) is 25.4 Å². The summed E-state index contributed by atoms with van der Waals surface area (Å²) in [6, 6.07) is 18.6. The first-order valence-electron chi connectivity index (χ1n) is 12.4. The Kier molecular flexibility index (Phi) is 8.71. The molecular formula is C27H34N6OS. The number of fused-ring (bicyclic) bond motifs is 3. The third-order valence-electron chi connectivity index (χ3n) is 6.28. The van der Waals surface area contributed by atoms with Crippen LogP contribution in [0.4, 0.5) is 0 Å². The number of amides is 1. The number of thioether (sulfide) groups is 1. The second kappa shape index (κ2) is 12.1. The normalized spacial score (nSPS) is 12.5. The molecule has 1 amide bonds. The Morgan fingerprint density at radius 3 is 2.57 bits per heavy atom. The van der Waals surface area contributed by atoms with Crippen molar-refractivity contribution in [3.63, 3.8) is 0 Å². The Hall–Kier alpha value is -2.97. The van der Waals surface area contributed by atoms with Crippen molar-refractivity contribution >= 4 is 39.7 Å². The molecule has 2 aromatic carbocycles. The number of rotatable bonds is 12. The maximum absolute atomic E-state index is 12.5. The highest BCUT2D eigenvalue weighted by molar-refractivity contribution is 7.99. The largest absolute Gasteiger partial charge is 0.353 e. The summed E-state index contributed by atoms with van der Waals surface area (Å²) in [7, 11) is 0. The molecule has 0 saturated carbocycles. The molecule has 0 spiro atoms. The minimum atomic E-state index is -0.00105. The van der Waals surface area contributed by atoms with E-state index < -0.39 is 0 Å². The minimum Gasteiger partial charge on any atom is -0.353 e. The standard InChI is InChI=1S/C27H34N6OS/c1-4-32(5-2)17-11-12-20(3)28-24(34)19-35-27-29-26-25(30-31-27)22-15-9-10-16-23(22)33(26)18-21-13-7-6-8-14-21/h6-10,13-16,20H,4-5,11-12,17-19H2,1-3H3,(H,28,34). The molecule has 0 aliphatic carbocycles. The van der Waals surface area contributed by atoms with E-state index in [1.165, 1.54) is 17.3 Å². The fraction of sp³-hybridized carbons (Fsp3) is 0.407. The van der Waals surface area contributed by atoms with E-state index in [0.29, 0.717) is 11.7 Å². The highest BCUT2D eigenvalue weighted by atomic mass is 32.2. The van der Waals surface area contributed by atoms with Crippen molar-refractivity contribution in [3.05, 3.63) is 60.2 Å². The number of carbonyl (C=O) groups excluding carboxylic acids is 1. The lowest BCUT2D eigenvalue weighted by Crippen LogP contribution is -2.34. The molecule has 35 heavy (non-hydrogen) atoms. The van der Waals surface area contributed by atoms with Gasteiger partial charge in [-0.25, -0.2) is 4.98 Å². The van der Waals surface area contributed by atoms with E-state index in [9.17, 15) is 4.79 Å². The van der Waals surface area contributed by atoms with Crippen molar-refractivity contribution in [1.82, 2.24) is 30.0 Å². The van der Waals surface area contributed by atoms with Crippen LogP contribution in [0.15, 0.2) is 59.8 Å². The van der Waals surface area contributed by atoms with Gasteiger partial charge >= 0.3 is 0 Å². The summed E-state index contributed by atoms with van der Waals surface area (Å²) in [5.41, 5.74) is 3.84. The van der Waals surface area contributed by atoms with Gasteiger partial charge in [-0.15, -0.1) is 10.2 Å². The predicted octanol–water partition coefficient (Wildman–Crippen LogP) is 4.75. The lowest BCUT2D eigenvalue weighted by atomic mass is 10.2. The molecule has 1 atom stereocenters. The highest BCUT2D eigenvalue weighted by Gasteiger charge is 2.16. The molecule has 0 aliphatic heterocycles. The van der Waals surface area contributed by atoms with E-state index in [1.807, 2.05) is 30.3 Å². The first-order valence-corrected chi connectivity index (χ1v) is 13.4. The molecule has 7 nitrogen and oxygen atoms in total. The van der Waals surface area contributed by atoms with Crippen LogP contribution in [0.3, 0.4) is 0 Å². The summed E-state index contributed by atoms with van der Waals surface area (Å²) in [5.74, 6) is 0.269. The second-order valence-corrected chi connectivity index (χ2v) is 9.72. The minimum absolute atomic E-state index is 0.00105. The third-order valence-corrected chi connectivity index (χ3v) is 7.12. The molecule has 4 rings (SSSR count). The number of aromatic nitrogens is 4. The van der Waals surface area contributed by atoms with Crippen molar-refractivity contribution in [1.29, 1.82) is 0 Å². The van der Waals surface area contributed by atoms with E-state index in [1.54, 1.807) is 0 Å². The number of para-hydroxylation sites is 1. The molecule has 8 heteroatoms. The maximum atomic E-state index is 12.5. The summed E-state index contributed by atoms with van der Waals surface area (Å²) < 4.78 is 2.18. The van der Waals surface area contributed by atoms with Crippen molar-refractivity contribution in [3.8, 4) is 0 Å². The monoisotopic (exact) mass is 490 g/mol. The molecule has 1 N–H and O–H groups in total. The van der Waals surface area contributed by atoms with Crippen LogP contribution in [0.2, 0.25) is 0 Å². The van der Waals surface area contributed by atoms with Crippen LogP contribution < -0.4 is 5.32 Å². The Morgan fingerprint density at radius 1 is 1.06 bits per heavy atom. The number of carbonyl (C=O) groups is 1. The van der Waals surface area contributed by atoms with Crippen molar-refractivity contribution in [2.45, 2.75) is 51.4 Å². The van der Waals surface area contributed by atoms with Gasteiger partial charge in [0.25, 0.3) is 0 Å². The molecule has 184 valence electrons. The number of hydrogen-bond acceptors (Lipinski definition) is 6. The molecular weight excluding hydrogens is 456 g/mol. The lowest BCUT2D eigenvalue weighted by Gasteiger charge is -2.19. The summed E-state index contributed by atoms with van der Waals surface area (Å²) >= 11 is 1.33. The van der Waals surface area contributed by atoms with Gasteiger partial charge in [-0.3, -0.25) is 4.79 Å². The summed E-state index contributed by atoms with van der Waals surface area (Å²) in [4.78, 5) is 19.7. The molecule has 2 heterocycles. The van der Waals surface area contributed by atoms with Crippen LogP contribution in [-0.4, -0.2) is 62.0 Å². The van der Waals surface area contributed by atoms with E-state index >= 15 is 0 Å². The van der Waals surface area contributed by atoms with Gasteiger partial charge in [0.05, 0.1) is 11.3 Å². The van der Waals surface area contributed by atoms with E-state index in [4.69, 9.17) is 4.98 Å². The van der Waals surface area contributed by atoms with Crippen LogP contribution in [0, 0.1) is 0 Å². The topological polar surface area (TPSA) is 75.9 Å². The molecule has 2 aromatic heterocycles. The van der Waals surface area contributed by atoms with Crippen LogP contribution in [0.25, 0.3) is 22.1 Å². The Balaban J connectivity index is 1.42. The maximum Gasteiger partial charge on any atom is 0.230 e. The molecule has 0 saturated heterocycles. The van der Waals surface area contributed by atoms with Crippen LogP contribution in [0.5, 0.6) is 0 Å². The predicted molar refractivity (Wildman–Crippen MR) is 144 cm³/mol. The zero-order valence-corrected chi connectivity index (χ0v) is 21.6. The summed E-state index contributed by atoms with van der Waals surface area (Å²) in [6.07, 6.45) is 2.04. The van der Waals surface area contributed by atoms with Gasteiger partial charge in [0.1, 0.15) is 5.52 Å². The van der Waals surface area contributed by atoms with E-state index in [-0.39, 0.29) is 17.7 Å². The average molecular weight is 491 g/mol. The second-order valence-electron chi connectivity index (χ2n) is 8.78. The van der Waals surface area contributed by atoms with Gasteiger partial charge in [0.15, 0.2) is 5.65 Å². The third kappa shape index (κ3) is 6.38. The Morgan fingerprint density at radius 2 is 1.80 bits per heavy atom. The smallest absolute Gasteiger partial charge is 0.230 e. The number of hydrogen-bond donors (Lipinski definition) is 1. The number of nitrogens with one attached hydrogen (secondary N) is 1.